The molecular formula is C19H16ClNO4. The van der Waals surface area contributed by atoms with Gasteiger partial charge < -0.3 is 19.2 Å². The van der Waals surface area contributed by atoms with Crippen LogP contribution in [-0.2, 0) is 4.79 Å². The van der Waals surface area contributed by atoms with E-state index >= 15 is 0 Å². The van der Waals surface area contributed by atoms with Crippen LogP contribution in [0.1, 0.15) is 5.76 Å². The number of amides is 1. The Bertz CT molecular complexity index is 946. The van der Waals surface area contributed by atoms with Gasteiger partial charge in [-0.1, -0.05) is 17.7 Å². The van der Waals surface area contributed by atoms with E-state index in [1.807, 2.05) is 0 Å². The zero-order chi connectivity index (χ0) is 17.8. The van der Waals surface area contributed by atoms with Crippen molar-refractivity contribution in [2.24, 2.45) is 0 Å². The summed E-state index contributed by atoms with van der Waals surface area (Å²) in [5.41, 5.74) is 1.23. The first-order valence-corrected chi connectivity index (χ1v) is 7.87. The number of hydrogen-bond donors (Lipinski definition) is 1. The lowest BCUT2D eigenvalue weighted by Crippen LogP contribution is -2.07. The molecule has 0 bridgehead atoms. The monoisotopic (exact) mass is 357 g/mol. The molecule has 25 heavy (non-hydrogen) atoms. The Balaban J connectivity index is 1.77. The van der Waals surface area contributed by atoms with Gasteiger partial charge in [-0.15, -0.1) is 0 Å². The zero-order valence-corrected chi connectivity index (χ0v) is 14.5. The lowest BCUT2D eigenvalue weighted by molar-refractivity contribution is -0.111. The minimum Gasteiger partial charge on any atom is -0.497 e. The molecule has 0 saturated heterocycles. The van der Waals surface area contributed by atoms with Gasteiger partial charge in [0.15, 0.2) is 11.3 Å². The van der Waals surface area contributed by atoms with Gasteiger partial charge in [0.05, 0.1) is 14.2 Å². The fourth-order valence-electron chi connectivity index (χ4n) is 2.38. The molecule has 0 saturated carbocycles. The second-order valence-electron chi connectivity index (χ2n) is 5.23. The van der Waals surface area contributed by atoms with Crippen molar-refractivity contribution in [3.05, 3.63) is 59.3 Å². The first-order chi connectivity index (χ1) is 12.1. The Kier molecular flexibility index (Phi) is 4.95. The second kappa shape index (κ2) is 7.32. The van der Waals surface area contributed by atoms with E-state index in [1.165, 1.54) is 6.08 Å². The number of halogens is 1. The van der Waals surface area contributed by atoms with Crippen LogP contribution in [-0.4, -0.2) is 20.1 Å². The van der Waals surface area contributed by atoms with Crippen molar-refractivity contribution in [2.75, 3.05) is 19.5 Å². The number of furan rings is 1. The van der Waals surface area contributed by atoms with Gasteiger partial charge in [0.2, 0.25) is 5.91 Å². The zero-order valence-electron chi connectivity index (χ0n) is 13.7. The highest BCUT2D eigenvalue weighted by Crippen LogP contribution is 2.32. The summed E-state index contributed by atoms with van der Waals surface area (Å²) >= 11 is 6.04. The highest BCUT2D eigenvalue weighted by Gasteiger charge is 2.09. The van der Waals surface area contributed by atoms with Gasteiger partial charge in [-0.05, 0) is 30.3 Å². The van der Waals surface area contributed by atoms with Crippen LogP contribution < -0.4 is 14.8 Å². The van der Waals surface area contributed by atoms with E-state index in [0.717, 1.165) is 5.39 Å². The lowest BCUT2D eigenvalue weighted by Gasteiger charge is -2.04. The number of ether oxygens (including phenoxy) is 2. The molecule has 1 amide bonds. The number of benzene rings is 2. The normalized spacial score (nSPS) is 11.0. The molecule has 1 heterocycles. The third kappa shape index (κ3) is 3.95. The summed E-state index contributed by atoms with van der Waals surface area (Å²) in [6.07, 6.45) is 2.98. The van der Waals surface area contributed by atoms with Crippen LogP contribution in [0.25, 0.3) is 17.0 Å². The van der Waals surface area contributed by atoms with Crippen LogP contribution in [0, 0.1) is 0 Å². The molecule has 6 heteroatoms. The third-order valence-corrected chi connectivity index (χ3v) is 3.74. The highest BCUT2D eigenvalue weighted by atomic mass is 35.5. The van der Waals surface area contributed by atoms with Crippen molar-refractivity contribution in [2.45, 2.75) is 0 Å². The van der Waals surface area contributed by atoms with Crippen LogP contribution in [0.15, 0.2) is 53.0 Å². The maximum Gasteiger partial charge on any atom is 0.248 e. The Hall–Kier alpha value is -2.92. The van der Waals surface area contributed by atoms with Gasteiger partial charge in [-0.25, -0.2) is 0 Å². The van der Waals surface area contributed by atoms with Crippen LogP contribution in [0.4, 0.5) is 5.69 Å². The maximum atomic E-state index is 12.1. The molecular weight excluding hydrogens is 342 g/mol. The van der Waals surface area contributed by atoms with Crippen molar-refractivity contribution in [3.63, 3.8) is 0 Å². The Morgan fingerprint density at radius 3 is 2.76 bits per heavy atom. The summed E-state index contributed by atoms with van der Waals surface area (Å²) in [5.74, 6) is 1.46. The predicted molar refractivity (Wildman–Crippen MR) is 98.4 cm³/mol. The third-order valence-electron chi connectivity index (χ3n) is 3.52. The van der Waals surface area contributed by atoms with Gasteiger partial charge in [-0.2, -0.15) is 0 Å². The number of rotatable bonds is 5. The number of nitrogens with one attached hydrogen (secondary N) is 1. The van der Waals surface area contributed by atoms with Gasteiger partial charge >= 0.3 is 0 Å². The van der Waals surface area contributed by atoms with Crippen LogP contribution in [0.3, 0.4) is 0 Å². The Morgan fingerprint density at radius 2 is 2.00 bits per heavy atom. The largest absolute Gasteiger partial charge is 0.497 e. The molecule has 0 spiro atoms. The van der Waals surface area contributed by atoms with E-state index in [9.17, 15) is 4.79 Å². The molecule has 3 rings (SSSR count). The van der Waals surface area contributed by atoms with Crippen molar-refractivity contribution in [1.29, 1.82) is 0 Å². The molecule has 0 aliphatic rings. The molecule has 0 atom stereocenters. The minimum absolute atomic E-state index is 0.279. The van der Waals surface area contributed by atoms with Crippen molar-refractivity contribution in [3.8, 4) is 11.5 Å². The topological polar surface area (TPSA) is 60.7 Å². The van der Waals surface area contributed by atoms with Crippen LogP contribution in [0.2, 0.25) is 5.02 Å². The quantitative estimate of drug-likeness (QED) is 0.669. The van der Waals surface area contributed by atoms with E-state index < -0.39 is 0 Å². The number of carbonyl (C=O) groups is 1. The summed E-state index contributed by atoms with van der Waals surface area (Å²) in [4.78, 5) is 12.1. The summed E-state index contributed by atoms with van der Waals surface area (Å²) in [6, 6.07) is 12.4. The van der Waals surface area contributed by atoms with E-state index in [-0.39, 0.29) is 5.91 Å². The fourth-order valence-corrected chi connectivity index (χ4v) is 2.60. The second-order valence-corrected chi connectivity index (χ2v) is 5.67. The molecule has 0 fully saturated rings. The molecule has 0 radical (unpaired) electrons. The summed E-state index contributed by atoms with van der Waals surface area (Å²) in [6.45, 7) is 0. The van der Waals surface area contributed by atoms with Crippen molar-refractivity contribution < 1.29 is 18.7 Å². The number of fused-ring (bicyclic) bond motifs is 1. The van der Waals surface area contributed by atoms with Gasteiger partial charge in [0, 0.05) is 34.3 Å². The Morgan fingerprint density at radius 1 is 1.16 bits per heavy atom. The number of methoxy groups -OCH3 is 2. The molecule has 3 aromatic rings. The van der Waals surface area contributed by atoms with Gasteiger partial charge in [0.25, 0.3) is 0 Å². The summed E-state index contributed by atoms with van der Waals surface area (Å²) in [5, 5.41) is 4.11. The highest BCUT2D eigenvalue weighted by molar-refractivity contribution is 6.31. The van der Waals surface area contributed by atoms with E-state index in [2.05, 4.69) is 5.32 Å². The summed E-state index contributed by atoms with van der Waals surface area (Å²) < 4.78 is 16.1. The average molecular weight is 358 g/mol. The van der Waals surface area contributed by atoms with Crippen molar-refractivity contribution in [1.82, 2.24) is 0 Å². The Labute approximate surface area is 149 Å². The van der Waals surface area contributed by atoms with E-state index in [4.69, 9.17) is 25.5 Å². The van der Waals surface area contributed by atoms with Crippen molar-refractivity contribution >= 4 is 40.2 Å². The number of carbonyl (C=O) groups excluding carboxylic acids is 1. The van der Waals surface area contributed by atoms with E-state index in [1.54, 1.807) is 62.8 Å². The molecule has 0 aliphatic carbocycles. The summed E-state index contributed by atoms with van der Waals surface area (Å²) in [7, 11) is 3.12. The first kappa shape index (κ1) is 16.9. The smallest absolute Gasteiger partial charge is 0.248 e. The van der Waals surface area contributed by atoms with Gasteiger partial charge in [-0.3, -0.25) is 4.79 Å². The SMILES string of the molecule is COc1cccc(NC(=O)C=Cc2cc3cc(Cl)cc(OC)c3o2)c1. The first-order valence-electron chi connectivity index (χ1n) is 7.49. The average Bonchev–Trinajstić information content (AvgIpc) is 3.02. The standard InChI is InChI=1S/C19H16ClNO4/c1-23-15-5-3-4-14(11-15)21-18(22)7-6-16-9-12-8-13(20)10-17(24-2)19(12)25-16/h3-11H,1-2H3,(H,21,22). The molecule has 2 aromatic carbocycles. The maximum absolute atomic E-state index is 12.1. The molecule has 128 valence electrons. The minimum atomic E-state index is -0.279. The van der Waals surface area contributed by atoms with Crippen LogP contribution >= 0.6 is 11.6 Å². The number of anilines is 1. The lowest BCUT2D eigenvalue weighted by atomic mass is 10.2. The van der Waals surface area contributed by atoms with Crippen LogP contribution in [0.5, 0.6) is 11.5 Å². The number of hydrogen-bond acceptors (Lipinski definition) is 4. The molecule has 0 aliphatic heterocycles. The molecule has 1 N–H and O–H groups in total. The molecule has 5 nitrogen and oxygen atoms in total. The molecule has 0 unspecified atom stereocenters. The van der Waals surface area contributed by atoms with E-state index in [0.29, 0.717) is 33.6 Å². The predicted octanol–water partition coefficient (Wildman–Crippen LogP) is 4.76. The van der Waals surface area contributed by atoms with Gasteiger partial charge in [0.1, 0.15) is 11.5 Å². The molecule has 1 aromatic heterocycles. The fraction of sp³-hybridized carbons (Fsp3) is 0.105.